The van der Waals surface area contributed by atoms with Crippen LogP contribution in [0.25, 0.3) is 0 Å². The normalized spacial score (nSPS) is 17.1. The van der Waals surface area contributed by atoms with Crippen LogP contribution in [0.1, 0.15) is 54.4 Å². The minimum atomic E-state index is -0.340. The summed E-state index contributed by atoms with van der Waals surface area (Å²) in [5.41, 5.74) is 4.46. The molecule has 0 bridgehead atoms. The van der Waals surface area contributed by atoms with Crippen LogP contribution in [-0.4, -0.2) is 23.9 Å². The van der Waals surface area contributed by atoms with Gasteiger partial charge in [0.15, 0.2) is 0 Å². The van der Waals surface area contributed by atoms with Gasteiger partial charge in [-0.15, -0.1) is 0 Å². The van der Waals surface area contributed by atoms with Crippen molar-refractivity contribution in [2.45, 2.75) is 52.9 Å². The number of carbonyl (C=O) groups excluding carboxylic acids is 1. The van der Waals surface area contributed by atoms with Gasteiger partial charge < -0.3 is 4.90 Å². The third-order valence-electron chi connectivity index (χ3n) is 4.76. The Bertz CT molecular complexity index is 569. The number of piperidine rings is 1. The summed E-state index contributed by atoms with van der Waals surface area (Å²) in [5.74, 6) is 0.489. The van der Waals surface area contributed by atoms with E-state index in [0.717, 1.165) is 42.6 Å². The van der Waals surface area contributed by atoms with E-state index < -0.39 is 0 Å². The van der Waals surface area contributed by atoms with Crippen LogP contribution in [0.4, 0.5) is 0 Å². The van der Waals surface area contributed by atoms with Gasteiger partial charge in [0.2, 0.25) is 5.91 Å². The maximum Gasteiger partial charge on any atom is 0.224 e. The molecular formula is C19H26N2O. The molecule has 0 radical (unpaired) electrons. The summed E-state index contributed by atoms with van der Waals surface area (Å²) in [6.07, 6.45) is 2.45. The average molecular weight is 298 g/mol. The van der Waals surface area contributed by atoms with Crippen molar-refractivity contribution in [3.05, 3.63) is 34.4 Å². The van der Waals surface area contributed by atoms with Crippen molar-refractivity contribution in [1.82, 2.24) is 4.90 Å². The number of hydrogen-bond donors (Lipinski definition) is 0. The standard InChI is InChI=1S/C19H26N2O/c1-13-5-7-21(8-6-13)18(22)11-17(12-20)19-15(3)9-14(2)10-16(19)4/h9-10,13,17H,5-8,11H2,1-4H3. The first-order valence-corrected chi connectivity index (χ1v) is 8.17. The van der Waals surface area contributed by atoms with Crippen molar-refractivity contribution < 1.29 is 4.79 Å². The maximum absolute atomic E-state index is 12.5. The smallest absolute Gasteiger partial charge is 0.224 e. The summed E-state index contributed by atoms with van der Waals surface area (Å²) in [6.45, 7) is 10.0. The predicted molar refractivity (Wildman–Crippen MR) is 88.6 cm³/mol. The van der Waals surface area contributed by atoms with Gasteiger partial charge in [-0.05, 0) is 56.2 Å². The SMILES string of the molecule is Cc1cc(C)c(C(C#N)CC(=O)N2CCC(C)CC2)c(C)c1. The van der Waals surface area contributed by atoms with Gasteiger partial charge in [-0.2, -0.15) is 5.26 Å². The number of likely N-dealkylation sites (tertiary alicyclic amines) is 1. The number of amides is 1. The number of hydrogen-bond acceptors (Lipinski definition) is 2. The highest BCUT2D eigenvalue weighted by Gasteiger charge is 2.25. The first kappa shape index (κ1) is 16.5. The summed E-state index contributed by atoms with van der Waals surface area (Å²) < 4.78 is 0. The van der Waals surface area contributed by atoms with E-state index in [4.69, 9.17) is 0 Å². The van der Waals surface area contributed by atoms with Crippen LogP contribution >= 0.6 is 0 Å². The Hall–Kier alpha value is -1.82. The fraction of sp³-hybridized carbons (Fsp3) is 0.579. The van der Waals surface area contributed by atoms with Gasteiger partial charge in [-0.1, -0.05) is 24.6 Å². The molecule has 2 rings (SSSR count). The third-order valence-corrected chi connectivity index (χ3v) is 4.76. The van der Waals surface area contributed by atoms with Gasteiger partial charge in [0, 0.05) is 19.5 Å². The highest BCUT2D eigenvalue weighted by Crippen LogP contribution is 2.28. The molecule has 1 aliphatic rings. The van der Waals surface area contributed by atoms with Crippen molar-refractivity contribution in [2.24, 2.45) is 5.92 Å². The Kier molecular flexibility index (Phi) is 5.24. The molecule has 1 aliphatic heterocycles. The van der Waals surface area contributed by atoms with E-state index >= 15 is 0 Å². The number of nitriles is 1. The molecule has 1 aromatic rings. The van der Waals surface area contributed by atoms with E-state index in [2.05, 4.69) is 32.0 Å². The van der Waals surface area contributed by atoms with E-state index in [1.807, 2.05) is 18.7 Å². The summed E-state index contributed by atoms with van der Waals surface area (Å²) in [5, 5.41) is 9.57. The molecule has 1 fully saturated rings. The van der Waals surface area contributed by atoms with Crippen LogP contribution < -0.4 is 0 Å². The van der Waals surface area contributed by atoms with Crippen LogP contribution in [0.15, 0.2) is 12.1 Å². The molecule has 118 valence electrons. The molecule has 1 amide bonds. The Morgan fingerprint density at radius 1 is 1.27 bits per heavy atom. The van der Waals surface area contributed by atoms with Crippen molar-refractivity contribution in [3.63, 3.8) is 0 Å². The van der Waals surface area contributed by atoms with Crippen LogP contribution in [0.2, 0.25) is 0 Å². The van der Waals surface area contributed by atoms with Crippen LogP contribution in [0.5, 0.6) is 0 Å². The minimum Gasteiger partial charge on any atom is -0.343 e. The molecule has 0 aliphatic carbocycles. The molecule has 1 unspecified atom stereocenters. The number of rotatable bonds is 3. The van der Waals surface area contributed by atoms with Gasteiger partial charge in [0.25, 0.3) is 0 Å². The topological polar surface area (TPSA) is 44.1 Å². The Labute approximate surface area is 133 Å². The predicted octanol–water partition coefficient (Wildman–Crippen LogP) is 3.87. The van der Waals surface area contributed by atoms with Crippen LogP contribution in [0, 0.1) is 38.0 Å². The zero-order chi connectivity index (χ0) is 16.3. The van der Waals surface area contributed by atoms with Crippen molar-refractivity contribution in [2.75, 3.05) is 13.1 Å². The van der Waals surface area contributed by atoms with Gasteiger partial charge in [0.1, 0.15) is 0 Å². The average Bonchev–Trinajstić information content (AvgIpc) is 2.45. The summed E-state index contributed by atoms with van der Waals surface area (Å²) >= 11 is 0. The molecule has 3 nitrogen and oxygen atoms in total. The highest BCUT2D eigenvalue weighted by molar-refractivity contribution is 5.78. The Morgan fingerprint density at radius 2 is 1.82 bits per heavy atom. The fourth-order valence-corrected chi connectivity index (χ4v) is 3.51. The summed E-state index contributed by atoms with van der Waals surface area (Å²) in [6, 6.07) is 6.54. The lowest BCUT2D eigenvalue weighted by Gasteiger charge is -2.31. The van der Waals surface area contributed by atoms with Crippen molar-refractivity contribution in [1.29, 1.82) is 5.26 Å². The van der Waals surface area contributed by atoms with Crippen LogP contribution in [-0.2, 0) is 4.79 Å². The molecule has 0 saturated carbocycles. The molecule has 3 heteroatoms. The van der Waals surface area contributed by atoms with Crippen molar-refractivity contribution >= 4 is 5.91 Å². The molecule has 1 heterocycles. The number of aryl methyl sites for hydroxylation is 3. The molecule has 1 aromatic carbocycles. The lowest BCUT2D eigenvalue weighted by Crippen LogP contribution is -2.38. The van der Waals surface area contributed by atoms with Crippen molar-refractivity contribution in [3.8, 4) is 6.07 Å². The molecule has 22 heavy (non-hydrogen) atoms. The largest absolute Gasteiger partial charge is 0.343 e. The zero-order valence-electron chi connectivity index (χ0n) is 14.1. The zero-order valence-corrected chi connectivity index (χ0v) is 14.1. The van der Waals surface area contributed by atoms with E-state index in [-0.39, 0.29) is 11.8 Å². The lowest BCUT2D eigenvalue weighted by molar-refractivity contribution is -0.132. The molecule has 0 spiro atoms. The number of carbonyl (C=O) groups is 1. The number of nitrogens with zero attached hydrogens (tertiary/aromatic N) is 2. The fourth-order valence-electron chi connectivity index (χ4n) is 3.51. The molecule has 1 saturated heterocycles. The van der Waals surface area contributed by atoms with Gasteiger partial charge in [0.05, 0.1) is 12.0 Å². The maximum atomic E-state index is 12.5. The van der Waals surface area contributed by atoms with E-state index in [9.17, 15) is 10.1 Å². The first-order chi connectivity index (χ1) is 10.4. The van der Waals surface area contributed by atoms with Crippen LogP contribution in [0.3, 0.4) is 0 Å². The lowest BCUT2D eigenvalue weighted by atomic mass is 9.87. The molecule has 0 aromatic heterocycles. The monoisotopic (exact) mass is 298 g/mol. The third kappa shape index (κ3) is 3.68. The van der Waals surface area contributed by atoms with Gasteiger partial charge in [-0.3, -0.25) is 4.79 Å². The Morgan fingerprint density at radius 3 is 2.32 bits per heavy atom. The minimum absolute atomic E-state index is 0.123. The Balaban J connectivity index is 2.13. The van der Waals surface area contributed by atoms with E-state index in [0.29, 0.717) is 12.3 Å². The molecule has 1 atom stereocenters. The van der Waals surface area contributed by atoms with Gasteiger partial charge in [-0.25, -0.2) is 0 Å². The van der Waals surface area contributed by atoms with Gasteiger partial charge >= 0.3 is 0 Å². The number of benzene rings is 1. The molecule has 0 N–H and O–H groups in total. The van der Waals surface area contributed by atoms with E-state index in [1.54, 1.807) is 0 Å². The first-order valence-electron chi connectivity index (χ1n) is 8.17. The summed E-state index contributed by atoms with van der Waals surface area (Å²) in [4.78, 5) is 14.4. The summed E-state index contributed by atoms with van der Waals surface area (Å²) in [7, 11) is 0. The molecular weight excluding hydrogens is 272 g/mol. The van der Waals surface area contributed by atoms with E-state index in [1.165, 1.54) is 5.56 Å². The second-order valence-electron chi connectivity index (χ2n) is 6.76. The quantitative estimate of drug-likeness (QED) is 0.850. The second kappa shape index (κ2) is 6.96. The second-order valence-corrected chi connectivity index (χ2v) is 6.76. The highest BCUT2D eigenvalue weighted by atomic mass is 16.2.